The van der Waals surface area contributed by atoms with Gasteiger partial charge in [-0.15, -0.1) is 0 Å². The summed E-state index contributed by atoms with van der Waals surface area (Å²) < 4.78 is 27.3. The highest BCUT2D eigenvalue weighted by molar-refractivity contribution is 7.69. The van der Waals surface area contributed by atoms with Gasteiger partial charge in [0.05, 0.1) is 16.6 Å². The van der Waals surface area contributed by atoms with Crippen molar-refractivity contribution in [3.05, 3.63) is 77.4 Å². The van der Waals surface area contributed by atoms with Crippen molar-refractivity contribution in [2.75, 3.05) is 19.1 Å². The number of hydrogen-bond acceptors (Lipinski definition) is 5. The third kappa shape index (κ3) is 4.04. The third-order valence-corrected chi connectivity index (χ3v) is 7.68. The van der Waals surface area contributed by atoms with E-state index in [0.29, 0.717) is 33.6 Å². The molecule has 1 aliphatic rings. The lowest BCUT2D eigenvalue weighted by atomic mass is 9.85. The number of pyridine rings is 3. The molecule has 0 amide bonds. The average molecular weight is 460 g/mol. The highest BCUT2D eigenvalue weighted by Crippen LogP contribution is 2.49. The highest BCUT2D eigenvalue weighted by Gasteiger charge is 2.36. The van der Waals surface area contributed by atoms with E-state index in [9.17, 15) is 4.57 Å². The van der Waals surface area contributed by atoms with E-state index in [1.807, 2.05) is 25.1 Å². The first-order chi connectivity index (χ1) is 15.7. The first-order valence-electron chi connectivity index (χ1n) is 11.1. The molecule has 168 valence electrons. The molecule has 5 nitrogen and oxygen atoms in total. The Labute approximate surface area is 192 Å². The Balaban J connectivity index is 1.67. The second-order valence-electron chi connectivity index (χ2n) is 9.19. The van der Waals surface area contributed by atoms with Crippen LogP contribution in [0, 0.1) is 18.7 Å². The lowest BCUT2D eigenvalue weighted by Gasteiger charge is -2.22. The number of halogens is 1. The summed E-state index contributed by atoms with van der Waals surface area (Å²) in [7, 11) is -2.50. The Hall–Kier alpha value is -3.11. The molecule has 1 atom stereocenters. The van der Waals surface area contributed by atoms with Crippen molar-refractivity contribution < 1.29 is 8.96 Å². The number of fused-ring (bicyclic) bond motifs is 1. The van der Waals surface area contributed by atoms with Crippen LogP contribution in [0.2, 0.25) is 0 Å². The summed E-state index contributed by atoms with van der Waals surface area (Å²) in [5.74, 6) is 0.166. The Morgan fingerprint density at radius 1 is 1.09 bits per heavy atom. The fourth-order valence-corrected chi connectivity index (χ4v) is 5.30. The number of benzene rings is 1. The minimum atomic E-state index is -2.50. The Kier molecular flexibility index (Phi) is 5.29. The average Bonchev–Trinajstić information content (AvgIpc) is 3.61. The van der Waals surface area contributed by atoms with E-state index in [1.54, 1.807) is 25.5 Å². The summed E-state index contributed by atoms with van der Waals surface area (Å²) in [6, 6.07) is 15.1. The van der Waals surface area contributed by atoms with Gasteiger partial charge in [0, 0.05) is 35.0 Å². The SMILES string of the molecule is Cc1nc2cc(F)c(-c3ccc(P(C)(C)=O)nc3)nc2c(N)c1[C@@H](c1ccccc1)C1CC1. The van der Waals surface area contributed by atoms with Gasteiger partial charge >= 0.3 is 0 Å². The standard InChI is InChI=1S/C26H26FN4OP/c1-15-22(23(17-9-10-17)16-7-5-4-6-8-16)24(28)26-20(30-15)13-19(27)25(31-26)18-11-12-21(29-14-18)33(2,3)32/h4-8,11-14,17,23H,9-10H2,1-3H3,(H2,28,30)/t23-/m0/s1. The number of hydrogen-bond donors (Lipinski definition) is 1. The Morgan fingerprint density at radius 2 is 1.82 bits per heavy atom. The Bertz CT molecular complexity index is 1400. The maximum Gasteiger partial charge on any atom is 0.151 e. The second-order valence-corrected chi connectivity index (χ2v) is 12.4. The molecule has 0 saturated heterocycles. The molecule has 7 heteroatoms. The zero-order valence-corrected chi connectivity index (χ0v) is 19.8. The van der Waals surface area contributed by atoms with E-state index in [-0.39, 0.29) is 11.6 Å². The van der Waals surface area contributed by atoms with Gasteiger partial charge in [0.15, 0.2) is 5.82 Å². The number of anilines is 1. The number of nitrogen functional groups attached to an aromatic ring is 1. The normalized spacial score (nSPS) is 15.0. The fourth-order valence-electron chi connectivity index (χ4n) is 4.53. The minimum absolute atomic E-state index is 0.141. The van der Waals surface area contributed by atoms with E-state index in [4.69, 9.17) is 10.7 Å². The van der Waals surface area contributed by atoms with E-state index < -0.39 is 13.0 Å². The topological polar surface area (TPSA) is 81.8 Å². The number of aromatic nitrogens is 3. The molecule has 3 heterocycles. The lowest BCUT2D eigenvalue weighted by molar-refractivity contribution is 0.588. The van der Waals surface area contributed by atoms with E-state index in [0.717, 1.165) is 24.1 Å². The molecule has 1 aliphatic carbocycles. The molecule has 1 saturated carbocycles. The zero-order valence-electron chi connectivity index (χ0n) is 18.9. The number of nitrogens with two attached hydrogens (primary N) is 1. The molecule has 33 heavy (non-hydrogen) atoms. The van der Waals surface area contributed by atoms with Crippen molar-refractivity contribution in [3.63, 3.8) is 0 Å². The van der Waals surface area contributed by atoms with Crippen LogP contribution < -0.4 is 11.2 Å². The van der Waals surface area contributed by atoms with Crippen LogP contribution in [0.3, 0.4) is 0 Å². The number of nitrogens with zero attached hydrogens (tertiary/aromatic N) is 3. The van der Waals surface area contributed by atoms with E-state index in [2.05, 4.69) is 22.1 Å². The van der Waals surface area contributed by atoms with Crippen molar-refractivity contribution in [3.8, 4) is 11.3 Å². The quantitative estimate of drug-likeness (QED) is 0.397. The molecule has 0 unspecified atom stereocenters. The van der Waals surface area contributed by atoms with Crippen molar-refractivity contribution in [1.82, 2.24) is 15.0 Å². The predicted molar refractivity (Wildman–Crippen MR) is 132 cm³/mol. The van der Waals surface area contributed by atoms with Gasteiger partial charge in [0.1, 0.15) is 18.4 Å². The van der Waals surface area contributed by atoms with Gasteiger partial charge in [-0.1, -0.05) is 30.3 Å². The van der Waals surface area contributed by atoms with Gasteiger partial charge < -0.3 is 10.3 Å². The van der Waals surface area contributed by atoms with Crippen molar-refractivity contribution in [2.24, 2.45) is 5.92 Å². The van der Waals surface area contributed by atoms with Gasteiger partial charge in [-0.05, 0) is 56.7 Å². The van der Waals surface area contributed by atoms with Crippen LogP contribution in [0.25, 0.3) is 22.3 Å². The summed E-state index contributed by atoms with van der Waals surface area (Å²) in [5, 5.41) is 0. The zero-order chi connectivity index (χ0) is 23.3. The van der Waals surface area contributed by atoms with Crippen molar-refractivity contribution in [2.45, 2.75) is 25.7 Å². The summed E-state index contributed by atoms with van der Waals surface area (Å²) in [4.78, 5) is 13.6. The Morgan fingerprint density at radius 3 is 2.42 bits per heavy atom. The monoisotopic (exact) mass is 460 g/mol. The molecular formula is C26H26FN4OP. The van der Waals surface area contributed by atoms with Crippen LogP contribution in [0.4, 0.5) is 10.1 Å². The summed E-state index contributed by atoms with van der Waals surface area (Å²) in [5.41, 5.74) is 12.4. The van der Waals surface area contributed by atoms with E-state index >= 15 is 4.39 Å². The molecule has 0 bridgehead atoms. The molecule has 5 rings (SSSR count). The minimum Gasteiger partial charge on any atom is -0.397 e. The third-order valence-electron chi connectivity index (χ3n) is 6.32. The second kappa shape index (κ2) is 8.03. The van der Waals surface area contributed by atoms with Crippen LogP contribution in [0.5, 0.6) is 0 Å². The maximum absolute atomic E-state index is 15.0. The van der Waals surface area contributed by atoms with Crippen LogP contribution in [-0.2, 0) is 4.57 Å². The molecule has 1 fully saturated rings. The summed E-state index contributed by atoms with van der Waals surface area (Å²) >= 11 is 0. The maximum atomic E-state index is 15.0. The molecule has 4 aromatic rings. The number of aryl methyl sites for hydroxylation is 1. The molecule has 2 N–H and O–H groups in total. The smallest absolute Gasteiger partial charge is 0.151 e. The van der Waals surface area contributed by atoms with Crippen molar-refractivity contribution in [1.29, 1.82) is 0 Å². The van der Waals surface area contributed by atoms with Gasteiger partial charge in [0.25, 0.3) is 0 Å². The van der Waals surface area contributed by atoms with Crippen LogP contribution in [-0.4, -0.2) is 28.3 Å². The van der Waals surface area contributed by atoms with Gasteiger partial charge in [0.2, 0.25) is 0 Å². The van der Waals surface area contributed by atoms with Crippen LogP contribution >= 0.6 is 7.14 Å². The summed E-state index contributed by atoms with van der Waals surface area (Å²) in [6.07, 6.45) is 3.81. The summed E-state index contributed by atoms with van der Waals surface area (Å²) in [6.45, 7) is 5.25. The predicted octanol–water partition coefficient (Wildman–Crippen LogP) is 5.51. The highest BCUT2D eigenvalue weighted by atomic mass is 31.2. The van der Waals surface area contributed by atoms with Gasteiger partial charge in [-0.3, -0.25) is 9.97 Å². The fraction of sp³-hybridized carbons (Fsp3) is 0.269. The first-order valence-corrected chi connectivity index (χ1v) is 13.7. The molecule has 3 aromatic heterocycles. The lowest BCUT2D eigenvalue weighted by Crippen LogP contribution is -2.12. The van der Waals surface area contributed by atoms with Crippen LogP contribution in [0.15, 0.2) is 54.7 Å². The van der Waals surface area contributed by atoms with E-state index in [1.165, 1.54) is 17.8 Å². The molecule has 0 aliphatic heterocycles. The van der Waals surface area contributed by atoms with Gasteiger partial charge in [-0.25, -0.2) is 9.37 Å². The molecule has 1 aromatic carbocycles. The number of rotatable bonds is 5. The first kappa shape index (κ1) is 21.7. The molecule has 0 spiro atoms. The van der Waals surface area contributed by atoms with Crippen molar-refractivity contribution >= 4 is 29.3 Å². The molecular weight excluding hydrogens is 434 g/mol. The largest absolute Gasteiger partial charge is 0.397 e. The molecule has 0 radical (unpaired) electrons. The van der Waals surface area contributed by atoms with Crippen LogP contribution in [0.1, 0.15) is 35.6 Å². The van der Waals surface area contributed by atoms with Gasteiger partial charge in [-0.2, -0.15) is 0 Å².